The smallest absolute Gasteiger partial charge is 0.253 e. The van der Waals surface area contributed by atoms with Gasteiger partial charge in [-0.2, -0.15) is 0 Å². The van der Waals surface area contributed by atoms with Crippen molar-refractivity contribution in [3.05, 3.63) is 71.5 Å². The van der Waals surface area contributed by atoms with E-state index >= 15 is 0 Å². The molecule has 1 aliphatic rings. The SMILES string of the molecule is O=C(c1cccc(F)c1)N1CCC(OCc2ccccc2)CC1. The highest BCUT2D eigenvalue weighted by molar-refractivity contribution is 5.94. The van der Waals surface area contributed by atoms with Gasteiger partial charge in [0.15, 0.2) is 0 Å². The zero-order valence-corrected chi connectivity index (χ0v) is 13.0. The molecule has 0 unspecified atom stereocenters. The molecule has 1 fully saturated rings. The van der Waals surface area contributed by atoms with E-state index in [-0.39, 0.29) is 17.8 Å². The first-order valence-electron chi connectivity index (χ1n) is 7.93. The third-order valence-electron chi connectivity index (χ3n) is 4.13. The van der Waals surface area contributed by atoms with Gasteiger partial charge in [0.05, 0.1) is 12.7 Å². The van der Waals surface area contributed by atoms with E-state index in [2.05, 4.69) is 0 Å². The maximum absolute atomic E-state index is 13.2. The molecule has 1 heterocycles. The van der Waals surface area contributed by atoms with Gasteiger partial charge in [-0.1, -0.05) is 36.4 Å². The van der Waals surface area contributed by atoms with Crippen LogP contribution in [-0.4, -0.2) is 30.0 Å². The molecule has 1 amide bonds. The van der Waals surface area contributed by atoms with Crippen LogP contribution in [0, 0.1) is 5.82 Å². The molecule has 4 heteroatoms. The number of carbonyl (C=O) groups is 1. The van der Waals surface area contributed by atoms with Crippen LogP contribution in [0.1, 0.15) is 28.8 Å². The van der Waals surface area contributed by atoms with Crippen molar-refractivity contribution < 1.29 is 13.9 Å². The molecule has 0 spiro atoms. The van der Waals surface area contributed by atoms with E-state index in [1.54, 1.807) is 17.0 Å². The summed E-state index contributed by atoms with van der Waals surface area (Å²) in [5, 5.41) is 0. The van der Waals surface area contributed by atoms with Gasteiger partial charge in [-0.3, -0.25) is 4.79 Å². The van der Waals surface area contributed by atoms with E-state index in [0.717, 1.165) is 18.4 Å². The van der Waals surface area contributed by atoms with Crippen LogP contribution in [0.5, 0.6) is 0 Å². The summed E-state index contributed by atoms with van der Waals surface area (Å²) in [6.45, 7) is 1.90. The fraction of sp³-hybridized carbons (Fsp3) is 0.316. The summed E-state index contributed by atoms with van der Waals surface area (Å²) in [7, 11) is 0. The highest BCUT2D eigenvalue weighted by Gasteiger charge is 2.24. The Morgan fingerprint density at radius 3 is 2.52 bits per heavy atom. The predicted molar refractivity (Wildman–Crippen MR) is 86.6 cm³/mol. The molecule has 2 aromatic rings. The molecule has 2 aromatic carbocycles. The molecule has 1 saturated heterocycles. The topological polar surface area (TPSA) is 29.5 Å². The number of ether oxygens (including phenoxy) is 1. The number of likely N-dealkylation sites (tertiary alicyclic amines) is 1. The Bertz CT molecular complexity index is 651. The molecule has 0 N–H and O–H groups in total. The number of benzene rings is 2. The van der Waals surface area contributed by atoms with E-state index in [0.29, 0.717) is 25.3 Å². The fourth-order valence-electron chi connectivity index (χ4n) is 2.82. The summed E-state index contributed by atoms with van der Waals surface area (Å²) in [6.07, 6.45) is 1.80. The van der Waals surface area contributed by atoms with Crippen molar-refractivity contribution >= 4 is 5.91 Å². The second-order valence-electron chi connectivity index (χ2n) is 5.80. The second-order valence-corrected chi connectivity index (χ2v) is 5.80. The summed E-state index contributed by atoms with van der Waals surface area (Å²) in [4.78, 5) is 14.1. The molecule has 1 aliphatic heterocycles. The van der Waals surface area contributed by atoms with Gasteiger partial charge in [-0.05, 0) is 36.6 Å². The van der Waals surface area contributed by atoms with Crippen LogP contribution >= 0.6 is 0 Å². The van der Waals surface area contributed by atoms with Gasteiger partial charge < -0.3 is 9.64 Å². The molecule has 0 aliphatic carbocycles. The van der Waals surface area contributed by atoms with Crippen molar-refractivity contribution in [3.8, 4) is 0 Å². The molecule has 0 radical (unpaired) electrons. The molecule has 0 saturated carbocycles. The number of hydrogen-bond acceptors (Lipinski definition) is 2. The van der Waals surface area contributed by atoms with Crippen molar-refractivity contribution in [1.29, 1.82) is 0 Å². The van der Waals surface area contributed by atoms with Gasteiger partial charge in [0.2, 0.25) is 0 Å². The lowest BCUT2D eigenvalue weighted by molar-refractivity contribution is -0.000389. The first-order valence-corrected chi connectivity index (χ1v) is 7.93. The van der Waals surface area contributed by atoms with Gasteiger partial charge in [-0.25, -0.2) is 4.39 Å². The molecule has 0 aromatic heterocycles. The van der Waals surface area contributed by atoms with Gasteiger partial charge >= 0.3 is 0 Å². The molecular weight excluding hydrogens is 293 g/mol. The lowest BCUT2D eigenvalue weighted by Crippen LogP contribution is -2.40. The summed E-state index contributed by atoms with van der Waals surface area (Å²) in [5.74, 6) is -0.483. The normalized spacial score (nSPS) is 15.6. The van der Waals surface area contributed by atoms with Crippen LogP contribution in [0.2, 0.25) is 0 Å². The number of rotatable bonds is 4. The number of halogens is 1. The lowest BCUT2D eigenvalue weighted by Gasteiger charge is -2.32. The van der Waals surface area contributed by atoms with Crippen molar-refractivity contribution in [2.45, 2.75) is 25.6 Å². The maximum atomic E-state index is 13.2. The zero-order valence-electron chi connectivity index (χ0n) is 13.0. The molecule has 0 bridgehead atoms. The van der Waals surface area contributed by atoms with Crippen LogP contribution in [0.4, 0.5) is 4.39 Å². The number of carbonyl (C=O) groups excluding carboxylic acids is 1. The van der Waals surface area contributed by atoms with E-state index < -0.39 is 0 Å². The van der Waals surface area contributed by atoms with Crippen LogP contribution < -0.4 is 0 Å². The van der Waals surface area contributed by atoms with E-state index in [1.807, 2.05) is 30.3 Å². The summed E-state index contributed by atoms with van der Waals surface area (Å²) >= 11 is 0. The zero-order chi connectivity index (χ0) is 16.1. The standard InChI is InChI=1S/C19H20FNO2/c20-17-8-4-7-16(13-17)19(22)21-11-9-18(10-12-21)23-14-15-5-2-1-3-6-15/h1-8,13,18H,9-12,14H2. The Hall–Kier alpha value is -2.20. The Morgan fingerprint density at radius 2 is 1.83 bits per heavy atom. The molecule has 23 heavy (non-hydrogen) atoms. The van der Waals surface area contributed by atoms with Crippen molar-refractivity contribution in [1.82, 2.24) is 4.90 Å². The summed E-state index contributed by atoms with van der Waals surface area (Å²) < 4.78 is 19.2. The minimum absolute atomic E-state index is 0.106. The monoisotopic (exact) mass is 313 g/mol. The minimum atomic E-state index is -0.378. The minimum Gasteiger partial charge on any atom is -0.373 e. The number of hydrogen-bond donors (Lipinski definition) is 0. The third-order valence-corrected chi connectivity index (χ3v) is 4.13. The Kier molecular flexibility index (Phi) is 5.03. The largest absolute Gasteiger partial charge is 0.373 e. The van der Waals surface area contributed by atoms with Crippen molar-refractivity contribution in [2.24, 2.45) is 0 Å². The molecular formula is C19H20FNO2. The first-order chi connectivity index (χ1) is 11.2. The van der Waals surface area contributed by atoms with E-state index in [4.69, 9.17) is 4.74 Å². The summed E-state index contributed by atoms with van der Waals surface area (Å²) in [5.41, 5.74) is 1.57. The average Bonchev–Trinajstić information content (AvgIpc) is 2.61. The highest BCUT2D eigenvalue weighted by atomic mass is 19.1. The maximum Gasteiger partial charge on any atom is 0.253 e. The Balaban J connectivity index is 1.49. The van der Waals surface area contributed by atoms with Crippen molar-refractivity contribution in [2.75, 3.05) is 13.1 Å². The van der Waals surface area contributed by atoms with Gasteiger partial charge in [0, 0.05) is 18.7 Å². The highest BCUT2D eigenvalue weighted by Crippen LogP contribution is 2.18. The number of piperidine rings is 1. The van der Waals surface area contributed by atoms with Gasteiger partial charge in [0.1, 0.15) is 5.82 Å². The molecule has 0 atom stereocenters. The number of amides is 1. The Morgan fingerprint density at radius 1 is 1.09 bits per heavy atom. The first kappa shape index (κ1) is 15.7. The lowest BCUT2D eigenvalue weighted by atomic mass is 10.1. The molecule has 3 nitrogen and oxygen atoms in total. The Labute approximate surface area is 135 Å². The van der Waals surface area contributed by atoms with Crippen LogP contribution in [0.15, 0.2) is 54.6 Å². The third kappa shape index (κ3) is 4.17. The van der Waals surface area contributed by atoms with Crippen molar-refractivity contribution in [3.63, 3.8) is 0 Å². The molecule has 3 rings (SSSR count). The van der Waals surface area contributed by atoms with Crippen LogP contribution in [-0.2, 0) is 11.3 Å². The fourth-order valence-corrected chi connectivity index (χ4v) is 2.82. The van der Waals surface area contributed by atoms with E-state index in [9.17, 15) is 9.18 Å². The quantitative estimate of drug-likeness (QED) is 0.862. The van der Waals surface area contributed by atoms with Gasteiger partial charge in [-0.15, -0.1) is 0 Å². The molecule has 120 valence electrons. The average molecular weight is 313 g/mol. The van der Waals surface area contributed by atoms with Gasteiger partial charge in [0.25, 0.3) is 5.91 Å². The second kappa shape index (κ2) is 7.38. The summed E-state index contributed by atoms with van der Waals surface area (Å²) in [6, 6.07) is 15.9. The van der Waals surface area contributed by atoms with E-state index in [1.165, 1.54) is 12.1 Å². The van der Waals surface area contributed by atoms with Crippen LogP contribution in [0.25, 0.3) is 0 Å². The predicted octanol–water partition coefficient (Wildman–Crippen LogP) is 3.65. The van der Waals surface area contributed by atoms with Crippen LogP contribution in [0.3, 0.4) is 0 Å². The number of nitrogens with zero attached hydrogens (tertiary/aromatic N) is 1.